The van der Waals surface area contributed by atoms with Crippen LogP contribution in [0.2, 0.25) is 0 Å². The molecule has 1 atom stereocenters. The zero-order valence-electron chi connectivity index (χ0n) is 7.29. The summed E-state index contributed by atoms with van der Waals surface area (Å²) in [5.41, 5.74) is 0. The average molecular weight is 170 g/mol. The Bertz CT molecular complexity index is 184. The monoisotopic (exact) mass is 170 g/mol. The maximum Gasteiger partial charge on any atom is 0.173 e. The number of rotatable bonds is 1. The van der Waals surface area contributed by atoms with E-state index in [1.807, 2.05) is 6.92 Å². The van der Waals surface area contributed by atoms with Crippen molar-refractivity contribution in [1.82, 2.24) is 0 Å². The standard InChI is InChI=1S/C9H14O3/c1-6-11-9(12-6)7-4-2-3-5-8(7)10/h6-7,9H,2-5H2,1H3. The fraction of sp³-hybridized carbons (Fsp3) is 0.889. The van der Waals surface area contributed by atoms with Crippen molar-refractivity contribution in [2.45, 2.75) is 45.2 Å². The van der Waals surface area contributed by atoms with Gasteiger partial charge in [0, 0.05) is 6.42 Å². The number of Topliss-reactive ketones (excluding diaryl/α,β-unsaturated/α-hetero) is 1. The van der Waals surface area contributed by atoms with Gasteiger partial charge < -0.3 is 9.47 Å². The van der Waals surface area contributed by atoms with Crippen LogP contribution < -0.4 is 0 Å². The van der Waals surface area contributed by atoms with Crippen molar-refractivity contribution < 1.29 is 14.3 Å². The second-order valence-electron chi connectivity index (χ2n) is 3.53. The third-order valence-electron chi connectivity index (χ3n) is 2.58. The van der Waals surface area contributed by atoms with Crippen LogP contribution >= 0.6 is 0 Å². The van der Waals surface area contributed by atoms with Crippen LogP contribution in [0.3, 0.4) is 0 Å². The Hall–Kier alpha value is -0.410. The number of carbonyl (C=O) groups is 1. The number of hydrogen-bond donors (Lipinski definition) is 0. The Balaban J connectivity index is 1.89. The molecule has 3 heteroatoms. The predicted octanol–water partition coefficient (Wildman–Crippen LogP) is 1.46. The molecular formula is C9H14O3. The molecule has 0 amide bonds. The highest BCUT2D eigenvalue weighted by atomic mass is 16.9. The Kier molecular flexibility index (Phi) is 2.15. The van der Waals surface area contributed by atoms with Crippen molar-refractivity contribution in [2.75, 3.05) is 0 Å². The van der Waals surface area contributed by atoms with Crippen molar-refractivity contribution in [3.63, 3.8) is 0 Å². The minimum absolute atomic E-state index is 0.0231. The fourth-order valence-electron chi connectivity index (χ4n) is 1.88. The van der Waals surface area contributed by atoms with E-state index in [0.29, 0.717) is 12.2 Å². The van der Waals surface area contributed by atoms with Crippen molar-refractivity contribution in [1.29, 1.82) is 0 Å². The second kappa shape index (κ2) is 3.15. The van der Waals surface area contributed by atoms with Gasteiger partial charge in [-0.15, -0.1) is 0 Å². The third-order valence-corrected chi connectivity index (χ3v) is 2.58. The topological polar surface area (TPSA) is 35.5 Å². The molecule has 3 nitrogen and oxygen atoms in total. The van der Waals surface area contributed by atoms with Gasteiger partial charge >= 0.3 is 0 Å². The largest absolute Gasteiger partial charge is 0.323 e. The molecule has 12 heavy (non-hydrogen) atoms. The first kappa shape index (κ1) is 8.20. The molecule has 68 valence electrons. The summed E-state index contributed by atoms with van der Waals surface area (Å²) in [5.74, 6) is 0.341. The lowest BCUT2D eigenvalue weighted by Crippen LogP contribution is -2.47. The Morgan fingerprint density at radius 1 is 1.33 bits per heavy atom. The summed E-state index contributed by atoms with van der Waals surface area (Å²) < 4.78 is 10.6. The molecule has 1 saturated carbocycles. The van der Waals surface area contributed by atoms with Gasteiger partial charge in [-0.25, -0.2) is 0 Å². The van der Waals surface area contributed by atoms with Gasteiger partial charge in [0.15, 0.2) is 12.6 Å². The summed E-state index contributed by atoms with van der Waals surface area (Å²) in [6.45, 7) is 1.85. The number of carbonyl (C=O) groups excluding carboxylic acids is 1. The maximum absolute atomic E-state index is 11.4. The summed E-state index contributed by atoms with van der Waals surface area (Å²) in [5, 5.41) is 0. The Labute approximate surface area is 72.0 Å². The highest BCUT2D eigenvalue weighted by molar-refractivity contribution is 5.82. The quantitative estimate of drug-likeness (QED) is 0.597. The van der Waals surface area contributed by atoms with E-state index in [4.69, 9.17) is 9.47 Å². The lowest BCUT2D eigenvalue weighted by molar-refractivity contribution is -0.388. The van der Waals surface area contributed by atoms with E-state index >= 15 is 0 Å². The highest BCUT2D eigenvalue weighted by Gasteiger charge is 2.39. The lowest BCUT2D eigenvalue weighted by Gasteiger charge is -2.39. The molecule has 2 aliphatic rings. The van der Waals surface area contributed by atoms with Gasteiger partial charge in [-0.2, -0.15) is 0 Å². The highest BCUT2D eigenvalue weighted by Crippen LogP contribution is 2.31. The van der Waals surface area contributed by atoms with Crippen LogP contribution in [-0.2, 0) is 14.3 Å². The molecule has 1 heterocycles. The van der Waals surface area contributed by atoms with E-state index in [1.54, 1.807) is 0 Å². The van der Waals surface area contributed by atoms with E-state index in [0.717, 1.165) is 19.3 Å². The smallest absolute Gasteiger partial charge is 0.173 e. The molecule has 1 saturated heterocycles. The van der Waals surface area contributed by atoms with Crippen LogP contribution in [0.1, 0.15) is 32.6 Å². The zero-order valence-corrected chi connectivity index (χ0v) is 7.29. The first-order valence-corrected chi connectivity index (χ1v) is 4.61. The van der Waals surface area contributed by atoms with Gasteiger partial charge in [0.1, 0.15) is 5.78 Å². The van der Waals surface area contributed by atoms with Crippen molar-refractivity contribution in [2.24, 2.45) is 5.92 Å². The van der Waals surface area contributed by atoms with Crippen LogP contribution in [0.25, 0.3) is 0 Å². The van der Waals surface area contributed by atoms with Crippen molar-refractivity contribution in [3.05, 3.63) is 0 Å². The summed E-state index contributed by atoms with van der Waals surface area (Å²) >= 11 is 0. The zero-order chi connectivity index (χ0) is 8.55. The first-order chi connectivity index (χ1) is 5.77. The number of hydrogen-bond acceptors (Lipinski definition) is 3. The van der Waals surface area contributed by atoms with E-state index in [1.165, 1.54) is 0 Å². The summed E-state index contributed by atoms with van der Waals surface area (Å²) in [7, 11) is 0. The summed E-state index contributed by atoms with van der Waals surface area (Å²) in [6, 6.07) is 0. The van der Waals surface area contributed by atoms with Crippen LogP contribution in [0.4, 0.5) is 0 Å². The molecule has 0 N–H and O–H groups in total. The molecule has 2 fully saturated rings. The van der Waals surface area contributed by atoms with Gasteiger partial charge in [0.05, 0.1) is 5.92 Å². The van der Waals surface area contributed by atoms with Crippen LogP contribution in [0.15, 0.2) is 0 Å². The lowest BCUT2D eigenvalue weighted by atomic mass is 9.87. The first-order valence-electron chi connectivity index (χ1n) is 4.61. The van der Waals surface area contributed by atoms with Crippen LogP contribution in [0, 0.1) is 5.92 Å². The van der Waals surface area contributed by atoms with Gasteiger partial charge in [-0.1, -0.05) is 6.42 Å². The normalized spacial score (nSPS) is 42.4. The van der Waals surface area contributed by atoms with Gasteiger partial charge in [-0.3, -0.25) is 4.79 Å². The van der Waals surface area contributed by atoms with Gasteiger partial charge in [-0.05, 0) is 19.8 Å². The molecule has 0 aromatic rings. The number of ketones is 1. The molecule has 0 aromatic carbocycles. The molecular weight excluding hydrogens is 156 g/mol. The molecule has 1 unspecified atom stereocenters. The molecule has 0 radical (unpaired) electrons. The second-order valence-corrected chi connectivity index (χ2v) is 3.53. The Morgan fingerprint density at radius 2 is 2.08 bits per heavy atom. The molecule has 2 rings (SSSR count). The van der Waals surface area contributed by atoms with E-state index in [9.17, 15) is 4.79 Å². The van der Waals surface area contributed by atoms with E-state index in [-0.39, 0.29) is 18.5 Å². The molecule has 1 aliphatic carbocycles. The summed E-state index contributed by atoms with van der Waals surface area (Å²) in [6.07, 6.45) is 3.49. The fourth-order valence-corrected chi connectivity index (χ4v) is 1.88. The Morgan fingerprint density at radius 3 is 2.67 bits per heavy atom. The minimum Gasteiger partial charge on any atom is -0.323 e. The SMILES string of the molecule is CC1OC(C2CCCCC2=O)O1. The minimum atomic E-state index is -0.229. The summed E-state index contributed by atoms with van der Waals surface area (Å²) in [4.78, 5) is 11.4. The van der Waals surface area contributed by atoms with Gasteiger partial charge in [0.2, 0.25) is 0 Å². The molecule has 0 bridgehead atoms. The molecule has 0 spiro atoms. The van der Waals surface area contributed by atoms with Crippen molar-refractivity contribution in [3.8, 4) is 0 Å². The molecule has 1 aliphatic heterocycles. The maximum atomic E-state index is 11.4. The van der Waals surface area contributed by atoms with Crippen LogP contribution in [0.5, 0.6) is 0 Å². The average Bonchev–Trinajstić information content (AvgIpc) is 2.01. The van der Waals surface area contributed by atoms with Crippen LogP contribution in [-0.4, -0.2) is 18.4 Å². The predicted molar refractivity (Wildman–Crippen MR) is 42.4 cm³/mol. The van der Waals surface area contributed by atoms with E-state index < -0.39 is 0 Å². The third kappa shape index (κ3) is 1.39. The van der Waals surface area contributed by atoms with Crippen molar-refractivity contribution >= 4 is 5.78 Å². The molecule has 0 aromatic heterocycles. The number of ether oxygens (including phenoxy) is 2. The van der Waals surface area contributed by atoms with E-state index in [2.05, 4.69) is 0 Å². The van der Waals surface area contributed by atoms with Gasteiger partial charge in [0.25, 0.3) is 0 Å².